The third-order valence-electron chi connectivity index (χ3n) is 2.43. The van der Waals surface area contributed by atoms with Crippen LogP contribution in [-0.4, -0.2) is 18.6 Å². The van der Waals surface area contributed by atoms with E-state index in [0.29, 0.717) is 11.8 Å². The number of methoxy groups -OCH3 is 1. The molecule has 3 nitrogen and oxygen atoms in total. The third-order valence-corrected chi connectivity index (χ3v) is 2.43. The summed E-state index contributed by atoms with van der Waals surface area (Å²) < 4.78 is 4.59. The van der Waals surface area contributed by atoms with Crippen LogP contribution in [0.25, 0.3) is 0 Å². The standard InChI is InChI=1S/C8H15NO2/c1-5(2)6-4-8(6,9)7(10)11-3/h5-6H,4,9H2,1-3H3/t6?,8-/m0/s1. The molecule has 0 heterocycles. The largest absolute Gasteiger partial charge is 0.468 e. The van der Waals surface area contributed by atoms with Gasteiger partial charge in [0.2, 0.25) is 0 Å². The van der Waals surface area contributed by atoms with Crippen molar-refractivity contribution >= 4 is 5.97 Å². The Labute approximate surface area is 66.9 Å². The highest BCUT2D eigenvalue weighted by molar-refractivity contribution is 5.84. The predicted molar refractivity (Wildman–Crippen MR) is 41.9 cm³/mol. The number of ether oxygens (including phenoxy) is 1. The second-order valence-corrected chi connectivity index (χ2v) is 3.59. The molecule has 0 bridgehead atoms. The normalized spacial score (nSPS) is 35.5. The number of hydrogen-bond acceptors (Lipinski definition) is 3. The highest BCUT2D eigenvalue weighted by Crippen LogP contribution is 2.46. The van der Waals surface area contributed by atoms with Crippen molar-refractivity contribution in [3.8, 4) is 0 Å². The number of carbonyl (C=O) groups excluding carboxylic acids is 1. The molecule has 0 amide bonds. The maximum atomic E-state index is 11.1. The van der Waals surface area contributed by atoms with E-state index in [2.05, 4.69) is 18.6 Å². The van der Waals surface area contributed by atoms with Gasteiger partial charge in [0.05, 0.1) is 7.11 Å². The first kappa shape index (κ1) is 8.53. The lowest BCUT2D eigenvalue weighted by molar-refractivity contribution is -0.143. The molecular formula is C8H15NO2. The summed E-state index contributed by atoms with van der Waals surface area (Å²) in [4.78, 5) is 11.1. The molecule has 0 aromatic rings. The van der Waals surface area contributed by atoms with E-state index in [0.717, 1.165) is 6.42 Å². The van der Waals surface area contributed by atoms with E-state index in [4.69, 9.17) is 5.73 Å². The minimum absolute atomic E-state index is 0.267. The average Bonchev–Trinajstić information content (AvgIpc) is 2.62. The van der Waals surface area contributed by atoms with Gasteiger partial charge in [-0.1, -0.05) is 13.8 Å². The van der Waals surface area contributed by atoms with E-state index in [1.807, 2.05) is 0 Å². The number of esters is 1. The maximum absolute atomic E-state index is 11.1. The van der Waals surface area contributed by atoms with Crippen LogP contribution in [0, 0.1) is 11.8 Å². The maximum Gasteiger partial charge on any atom is 0.326 e. The first-order valence-electron chi connectivity index (χ1n) is 3.89. The molecule has 1 aliphatic carbocycles. The van der Waals surface area contributed by atoms with Gasteiger partial charge in [-0.3, -0.25) is 4.79 Å². The van der Waals surface area contributed by atoms with Gasteiger partial charge in [0.15, 0.2) is 0 Å². The highest BCUT2D eigenvalue weighted by atomic mass is 16.5. The SMILES string of the molecule is COC(=O)[C@]1(N)CC1C(C)C. The molecule has 0 radical (unpaired) electrons. The van der Waals surface area contributed by atoms with Gasteiger partial charge in [-0.2, -0.15) is 0 Å². The smallest absolute Gasteiger partial charge is 0.326 e. The molecular weight excluding hydrogens is 142 g/mol. The molecule has 2 atom stereocenters. The Balaban J connectivity index is 2.55. The van der Waals surface area contributed by atoms with E-state index in [-0.39, 0.29) is 5.97 Å². The van der Waals surface area contributed by atoms with Crippen molar-refractivity contribution in [1.82, 2.24) is 0 Å². The Morgan fingerprint density at radius 1 is 1.73 bits per heavy atom. The van der Waals surface area contributed by atoms with Crippen LogP contribution in [0.15, 0.2) is 0 Å². The summed E-state index contributed by atoms with van der Waals surface area (Å²) in [5.74, 6) is 0.519. The van der Waals surface area contributed by atoms with Crippen molar-refractivity contribution in [1.29, 1.82) is 0 Å². The third kappa shape index (κ3) is 1.25. The monoisotopic (exact) mass is 157 g/mol. The summed E-state index contributed by atoms with van der Waals surface area (Å²) in [5.41, 5.74) is 5.11. The Kier molecular flexibility index (Phi) is 1.92. The van der Waals surface area contributed by atoms with Gasteiger partial charge in [0.25, 0.3) is 0 Å². The number of carbonyl (C=O) groups is 1. The first-order valence-corrected chi connectivity index (χ1v) is 3.89. The molecule has 64 valence electrons. The van der Waals surface area contributed by atoms with E-state index >= 15 is 0 Å². The molecule has 1 unspecified atom stereocenters. The van der Waals surface area contributed by atoms with Crippen LogP contribution in [0.1, 0.15) is 20.3 Å². The molecule has 1 saturated carbocycles. The van der Waals surface area contributed by atoms with E-state index in [1.54, 1.807) is 0 Å². The Bertz CT molecular complexity index is 179. The van der Waals surface area contributed by atoms with Gasteiger partial charge in [-0.05, 0) is 18.3 Å². The molecule has 0 aliphatic heterocycles. The zero-order valence-electron chi connectivity index (χ0n) is 7.26. The molecule has 0 spiro atoms. The van der Waals surface area contributed by atoms with Crippen molar-refractivity contribution < 1.29 is 9.53 Å². The molecule has 3 heteroatoms. The molecule has 0 aromatic carbocycles. The van der Waals surface area contributed by atoms with Crippen molar-refractivity contribution in [2.45, 2.75) is 25.8 Å². The lowest BCUT2D eigenvalue weighted by Gasteiger charge is -2.10. The second-order valence-electron chi connectivity index (χ2n) is 3.59. The topological polar surface area (TPSA) is 52.3 Å². The Morgan fingerprint density at radius 3 is 2.55 bits per heavy atom. The fourth-order valence-corrected chi connectivity index (χ4v) is 1.56. The molecule has 2 N–H and O–H groups in total. The van der Waals surface area contributed by atoms with Gasteiger partial charge < -0.3 is 10.5 Å². The van der Waals surface area contributed by atoms with Gasteiger partial charge in [0.1, 0.15) is 5.54 Å². The summed E-state index contributed by atoms with van der Waals surface area (Å²) in [6, 6.07) is 0. The van der Waals surface area contributed by atoms with Crippen LogP contribution in [0.4, 0.5) is 0 Å². The molecule has 0 aromatic heterocycles. The van der Waals surface area contributed by atoms with E-state index in [9.17, 15) is 4.79 Å². The van der Waals surface area contributed by atoms with Crippen molar-refractivity contribution in [2.75, 3.05) is 7.11 Å². The first-order chi connectivity index (χ1) is 5.02. The van der Waals surface area contributed by atoms with Gasteiger partial charge in [-0.15, -0.1) is 0 Å². The van der Waals surface area contributed by atoms with Crippen LogP contribution >= 0.6 is 0 Å². The average molecular weight is 157 g/mol. The predicted octanol–water partition coefficient (Wildman–Crippen LogP) is 0.533. The minimum atomic E-state index is -0.664. The van der Waals surface area contributed by atoms with Crippen LogP contribution in [0.5, 0.6) is 0 Å². The van der Waals surface area contributed by atoms with Gasteiger partial charge >= 0.3 is 5.97 Å². The van der Waals surface area contributed by atoms with Crippen LogP contribution in [-0.2, 0) is 9.53 Å². The van der Waals surface area contributed by atoms with Crippen molar-refractivity contribution in [3.63, 3.8) is 0 Å². The lowest BCUT2D eigenvalue weighted by atomic mass is 10.0. The summed E-state index contributed by atoms with van der Waals surface area (Å²) in [6.45, 7) is 4.14. The Morgan fingerprint density at radius 2 is 2.27 bits per heavy atom. The quantitative estimate of drug-likeness (QED) is 0.595. The molecule has 0 saturated heterocycles. The van der Waals surface area contributed by atoms with Crippen molar-refractivity contribution in [2.24, 2.45) is 17.6 Å². The summed E-state index contributed by atoms with van der Waals surface area (Å²) in [5, 5.41) is 0. The fourth-order valence-electron chi connectivity index (χ4n) is 1.56. The minimum Gasteiger partial charge on any atom is -0.468 e. The molecule has 1 aliphatic rings. The Hall–Kier alpha value is -0.570. The highest BCUT2D eigenvalue weighted by Gasteiger charge is 2.59. The molecule has 1 rings (SSSR count). The van der Waals surface area contributed by atoms with Crippen molar-refractivity contribution in [3.05, 3.63) is 0 Å². The van der Waals surface area contributed by atoms with Crippen LogP contribution in [0.3, 0.4) is 0 Å². The summed E-state index contributed by atoms with van der Waals surface area (Å²) in [7, 11) is 1.38. The van der Waals surface area contributed by atoms with E-state index in [1.165, 1.54) is 7.11 Å². The lowest BCUT2D eigenvalue weighted by Crippen LogP contribution is -2.37. The summed E-state index contributed by atoms with van der Waals surface area (Å²) in [6.07, 6.45) is 0.775. The van der Waals surface area contributed by atoms with Crippen LogP contribution < -0.4 is 5.73 Å². The fraction of sp³-hybridized carbons (Fsp3) is 0.875. The van der Waals surface area contributed by atoms with Gasteiger partial charge in [-0.25, -0.2) is 0 Å². The van der Waals surface area contributed by atoms with Gasteiger partial charge in [0, 0.05) is 0 Å². The number of rotatable bonds is 2. The number of nitrogens with two attached hydrogens (primary N) is 1. The second kappa shape index (κ2) is 2.48. The summed E-state index contributed by atoms with van der Waals surface area (Å²) >= 11 is 0. The molecule has 1 fully saturated rings. The zero-order chi connectivity index (χ0) is 8.65. The zero-order valence-corrected chi connectivity index (χ0v) is 7.26. The van der Waals surface area contributed by atoms with Crippen LogP contribution in [0.2, 0.25) is 0 Å². The number of hydrogen-bond donors (Lipinski definition) is 1. The van der Waals surface area contributed by atoms with E-state index < -0.39 is 5.54 Å². The molecule has 11 heavy (non-hydrogen) atoms.